The number of rotatable bonds is 4. The molecule has 1 aromatic carbocycles. The Morgan fingerprint density at radius 3 is 2.56 bits per heavy atom. The molecule has 2 nitrogen and oxygen atoms in total. The lowest BCUT2D eigenvalue weighted by atomic mass is 10.1. The van der Waals surface area contributed by atoms with E-state index in [2.05, 4.69) is 5.32 Å². The van der Waals surface area contributed by atoms with Crippen molar-refractivity contribution in [3.8, 4) is 6.07 Å². The Bertz CT molecular complexity index is 436. The van der Waals surface area contributed by atoms with Crippen LogP contribution < -0.4 is 5.32 Å². The van der Waals surface area contributed by atoms with Crippen LogP contribution in [-0.2, 0) is 0 Å². The SMILES string of the molecule is CC(NCC(C#N)C(F)(F)F)c1cccc(F)c1. The topological polar surface area (TPSA) is 35.8 Å². The summed E-state index contributed by atoms with van der Waals surface area (Å²) < 4.78 is 49.9. The molecule has 0 aliphatic carbocycles. The maximum absolute atomic E-state index is 12.9. The molecule has 1 N–H and O–H groups in total. The number of nitrogens with one attached hydrogen (secondary N) is 1. The van der Waals surface area contributed by atoms with E-state index in [9.17, 15) is 17.6 Å². The molecule has 0 aliphatic rings. The molecule has 0 amide bonds. The molecule has 0 aromatic heterocycles. The van der Waals surface area contributed by atoms with Crippen LogP contribution in [0.2, 0.25) is 0 Å². The molecular weight excluding hydrogens is 248 g/mol. The summed E-state index contributed by atoms with van der Waals surface area (Å²) in [6, 6.07) is 6.32. The monoisotopic (exact) mass is 260 g/mol. The van der Waals surface area contributed by atoms with Crippen molar-refractivity contribution in [1.29, 1.82) is 5.26 Å². The summed E-state index contributed by atoms with van der Waals surface area (Å²) in [6.45, 7) is 1.09. The van der Waals surface area contributed by atoms with Gasteiger partial charge in [0.1, 0.15) is 5.82 Å². The molecule has 0 heterocycles. The molecule has 0 aliphatic heterocycles. The summed E-state index contributed by atoms with van der Waals surface area (Å²) >= 11 is 0. The molecule has 1 rings (SSSR count). The lowest BCUT2D eigenvalue weighted by Crippen LogP contribution is -2.33. The Balaban J connectivity index is 2.61. The average Bonchev–Trinajstić information content (AvgIpc) is 2.27. The molecule has 0 saturated heterocycles. The first-order chi connectivity index (χ1) is 8.34. The van der Waals surface area contributed by atoms with E-state index in [1.807, 2.05) is 0 Å². The zero-order valence-corrected chi connectivity index (χ0v) is 9.63. The number of benzene rings is 1. The molecule has 18 heavy (non-hydrogen) atoms. The van der Waals surface area contributed by atoms with Crippen molar-refractivity contribution in [2.45, 2.75) is 19.1 Å². The van der Waals surface area contributed by atoms with Crippen LogP contribution in [0.3, 0.4) is 0 Å². The fourth-order valence-corrected chi connectivity index (χ4v) is 1.42. The normalized spacial score (nSPS) is 14.9. The minimum absolute atomic E-state index is 0.450. The van der Waals surface area contributed by atoms with Gasteiger partial charge in [-0.3, -0.25) is 0 Å². The van der Waals surface area contributed by atoms with E-state index in [0.29, 0.717) is 5.56 Å². The average molecular weight is 260 g/mol. The standard InChI is InChI=1S/C12H12F4N2/c1-8(9-3-2-4-11(13)5-9)18-7-10(6-17)12(14,15)16/h2-5,8,10,18H,7H2,1H3. The van der Waals surface area contributed by atoms with Crippen molar-refractivity contribution in [2.24, 2.45) is 5.92 Å². The maximum atomic E-state index is 12.9. The molecule has 0 bridgehead atoms. The van der Waals surface area contributed by atoms with Gasteiger partial charge in [0.05, 0.1) is 6.07 Å². The first-order valence-corrected chi connectivity index (χ1v) is 5.29. The lowest BCUT2D eigenvalue weighted by molar-refractivity contribution is -0.157. The summed E-state index contributed by atoms with van der Waals surface area (Å²) in [7, 11) is 0. The largest absolute Gasteiger partial charge is 0.405 e. The predicted octanol–water partition coefficient (Wildman–Crippen LogP) is 3.18. The van der Waals surface area contributed by atoms with E-state index in [0.717, 1.165) is 0 Å². The molecule has 0 saturated carbocycles. The van der Waals surface area contributed by atoms with E-state index in [4.69, 9.17) is 5.26 Å². The van der Waals surface area contributed by atoms with Gasteiger partial charge in [-0.1, -0.05) is 12.1 Å². The molecule has 0 fully saturated rings. The third kappa shape index (κ3) is 4.00. The Morgan fingerprint density at radius 1 is 1.39 bits per heavy atom. The lowest BCUT2D eigenvalue weighted by Gasteiger charge is -2.18. The number of alkyl halides is 3. The van der Waals surface area contributed by atoms with Crippen LogP contribution in [0.15, 0.2) is 24.3 Å². The molecule has 0 radical (unpaired) electrons. The first-order valence-electron chi connectivity index (χ1n) is 5.29. The van der Waals surface area contributed by atoms with Crippen molar-refractivity contribution in [3.63, 3.8) is 0 Å². The number of hydrogen-bond donors (Lipinski definition) is 1. The highest BCUT2D eigenvalue weighted by Gasteiger charge is 2.39. The quantitative estimate of drug-likeness (QED) is 0.844. The van der Waals surface area contributed by atoms with Gasteiger partial charge in [0.15, 0.2) is 5.92 Å². The van der Waals surface area contributed by atoms with E-state index >= 15 is 0 Å². The van der Waals surface area contributed by atoms with Gasteiger partial charge < -0.3 is 5.32 Å². The minimum atomic E-state index is -4.55. The molecule has 1 aromatic rings. The summed E-state index contributed by atoms with van der Waals surface area (Å²) in [4.78, 5) is 0. The summed E-state index contributed by atoms with van der Waals surface area (Å²) in [5, 5.41) is 11.0. The second kappa shape index (κ2) is 5.83. The van der Waals surface area contributed by atoms with Crippen LogP contribution in [-0.4, -0.2) is 12.7 Å². The van der Waals surface area contributed by atoms with E-state index in [1.54, 1.807) is 13.0 Å². The zero-order valence-electron chi connectivity index (χ0n) is 9.63. The second-order valence-electron chi connectivity index (χ2n) is 3.91. The first kappa shape index (κ1) is 14.5. The molecule has 98 valence electrons. The van der Waals surface area contributed by atoms with Crippen LogP contribution in [0.4, 0.5) is 17.6 Å². The Labute approximate surface area is 102 Å². The third-order valence-corrected chi connectivity index (χ3v) is 2.53. The van der Waals surface area contributed by atoms with Crippen LogP contribution in [0.25, 0.3) is 0 Å². The van der Waals surface area contributed by atoms with Gasteiger partial charge >= 0.3 is 6.18 Å². The highest BCUT2D eigenvalue weighted by atomic mass is 19.4. The maximum Gasteiger partial charge on any atom is 0.405 e. The van der Waals surface area contributed by atoms with Gasteiger partial charge in [0.25, 0.3) is 0 Å². The highest BCUT2D eigenvalue weighted by molar-refractivity contribution is 5.19. The van der Waals surface area contributed by atoms with E-state index < -0.39 is 30.5 Å². The summed E-state index contributed by atoms with van der Waals surface area (Å²) in [5.74, 6) is -2.51. The molecule has 6 heteroatoms. The number of nitriles is 1. The van der Waals surface area contributed by atoms with E-state index in [-0.39, 0.29) is 0 Å². The van der Waals surface area contributed by atoms with Crippen LogP contribution >= 0.6 is 0 Å². The van der Waals surface area contributed by atoms with Crippen molar-refractivity contribution in [2.75, 3.05) is 6.54 Å². The van der Waals surface area contributed by atoms with Gasteiger partial charge in [0, 0.05) is 12.6 Å². The fraction of sp³-hybridized carbons (Fsp3) is 0.417. The zero-order chi connectivity index (χ0) is 13.8. The fourth-order valence-electron chi connectivity index (χ4n) is 1.42. The molecule has 2 atom stereocenters. The van der Waals surface area contributed by atoms with Gasteiger partial charge in [-0.25, -0.2) is 4.39 Å². The highest BCUT2D eigenvalue weighted by Crippen LogP contribution is 2.25. The van der Waals surface area contributed by atoms with Gasteiger partial charge in [-0.15, -0.1) is 0 Å². The van der Waals surface area contributed by atoms with Crippen molar-refractivity contribution < 1.29 is 17.6 Å². The number of nitrogens with zero attached hydrogens (tertiary/aromatic N) is 1. The van der Waals surface area contributed by atoms with Gasteiger partial charge in [0.2, 0.25) is 0 Å². The Kier molecular flexibility index (Phi) is 4.68. The second-order valence-corrected chi connectivity index (χ2v) is 3.91. The van der Waals surface area contributed by atoms with Gasteiger partial charge in [-0.2, -0.15) is 18.4 Å². The molecular formula is C12H12F4N2. The Hall–Kier alpha value is -1.61. The third-order valence-electron chi connectivity index (χ3n) is 2.53. The summed E-state index contributed by atoms with van der Waals surface area (Å²) in [5.41, 5.74) is 0.536. The minimum Gasteiger partial charge on any atom is -0.309 e. The van der Waals surface area contributed by atoms with Crippen molar-refractivity contribution in [3.05, 3.63) is 35.6 Å². The molecule has 0 spiro atoms. The van der Waals surface area contributed by atoms with Crippen LogP contribution in [0, 0.1) is 23.1 Å². The molecule has 2 unspecified atom stereocenters. The van der Waals surface area contributed by atoms with Crippen LogP contribution in [0.5, 0.6) is 0 Å². The predicted molar refractivity (Wildman–Crippen MR) is 58.0 cm³/mol. The van der Waals surface area contributed by atoms with Crippen molar-refractivity contribution >= 4 is 0 Å². The van der Waals surface area contributed by atoms with Gasteiger partial charge in [-0.05, 0) is 24.6 Å². The van der Waals surface area contributed by atoms with Crippen molar-refractivity contribution in [1.82, 2.24) is 5.32 Å². The van der Waals surface area contributed by atoms with Crippen LogP contribution in [0.1, 0.15) is 18.5 Å². The smallest absolute Gasteiger partial charge is 0.309 e. The summed E-state index contributed by atoms with van der Waals surface area (Å²) in [6.07, 6.45) is -4.55. The number of halogens is 4. The van der Waals surface area contributed by atoms with E-state index in [1.165, 1.54) is 24.3 Å². The number of hydrogen-bond acceptors (Lipinski definition) is 2. The Morgan fingerprint density at radius 2 is 2.06 bits per heavy atom.